The zero-order valence-corrected chi connectivity index (χ0v) is 11.3. The lowest BCUT2D eigenvalue weighted by atomic mass is 10.1. The van der Waals surface area contributed by atoms with E-state index in [9.17, 15) is 9.18 Å². The second-order valence-electron chi connectivity index (χ2n) is 4.73. The summed E-state index contributed by atoms with van der Waals surface area (Å²) in [5, 5.41) is 11.2. The maximum atomic E-state index is 12.9. The molecule has 104 valence electrons. The minimum Gasteiger partial charge on any atom is -0.312 e. The molecule has 0 aliphatic carbocycles. The Balaban J connectivity index is 1.73. The van der Waals surface area contributed by atoms with Crippen molar-refractivity contribution in [2.45, 2.75) is 12.5 Å². The van der Waals surface area contributed by atoms with Crippen LogP contribution in [0.5, 0.6) is 0 Å². The number of rotatable bonds is 4. The highest BCUT2D eigenvalue weighted by atomic mass is 35.5. The van der Waals surface area contributed by atoms with Crippen LogP contribution in [-0.2, 0) is 6.42 Å². The van der Waals surface area contributed by atoms with Crippen molar-refractivity contribution in [3.8, 4) is 0 Å². The van der Waals surface area contributed by atoms with E-state index in [-0.39, 0.29) is 23.3 Å². The molecule has 0 unspecified atom stereocenters. The molecule has 2 aromatic rings. The summed E-state index contributed by atoms with van der Waals surface area (Å²) in [4.78, 5) is 12.1. The van der Waals surface area contributed by atoms with Gasteiger partial charge in [0, 0.05) is 24.5 Å². The molecule has 0 bridgehead atoms. The van der Waals surface area contributed by atoms with Gasteiger partial charge in [-0.05, 0) is 17.7 Å². The van der Waals surface area contributed by atoms with Crippen molar-refractivity contribution in [2.24, 2.45) is 0 Å². The van der Waals surface area contributed by atoms with Crippen molar-refractivity contribution in [1.82, 2.24) is 20.3 Å². The van der Waals surface area contributed by atoms with Crippen molar-refractivity contribution in [3.05, 3.63) is 46.5 Å². The van der Waals surface area contributed by atoms with Gasteiger partial charge < -0.3 is 5.32 Å². The molecular weight excluding hydrogens is 283 g/mol. The molecule has 2 heterocycles. The van der Waals surface area contributed by atoms with Crippen LogP contribution in [0.25, 0.3) is 0 Å². The van der Waals surface area contributed by atoms with E-state index in [0.717, 1.165) is 13.1 Å². The predicted molar refractivity (Wildman–Crippen MR) is 71.4 cm³/mol. The third-order valence-corrected chi connectivity index (χ3v) is 3.65. The fourth-order valence-corrected chi connectivity index (χ4v) is 2.21. The van der Waals surface area contributed by atoms with Gasteiger partial charge in [0.15, 0.2) is 5.78 Å². The number of carbonyl (C=O) groups excluding carboxylic acids is 1. The van der Waals surface area contributed by atoms with Crippen LogP contribution in [0.15, 0.2) is 24.4 Å². The normalized spacial score (nSPS) is 15.1. The topological polar surface area (TPSA) is 59.8 Å². The Kier molecular flexibility index (Phi) is 3.50. The van der Waals surface area contributed by atoms with Gasteiger partial charge in [-0.25, -0.2) is 9.07 Å². The van der Waals surface area contributed by atoms with E-state index < -0.39 is 5.82 Å². The number of benzene rings is 1. The fourth-order valence-electron chi connectivity index (χ4n) is 1.97. The molecule has 1 N–H and O–H groups in total. The molecule has 5 nitrogen and oxygen atoms in total. The van der Waals surface area contributed by atoms with Crippen molar-refractivity contribution in [3.63, 3.8) is 0 Å². The molecular formula is C13H12ClFN4O. The van der Waals surface area contributed by atoms with Gasteiger partial charge in [-0.3, -0.25) is 4.79 Å². The number of nitrogens with one attached hydrogen (secondary N) is 1. The Hall–Kier alpha value is -1.79. The second-order valence-corrected chi connectivity index (χ2v) is 5.14. The summed E-state index contributed by atoms with van der Waals surface area (Å²) in [6.07, 6.45) is 1.73. The smallest absolute Gasteiger partial charge is 0.189 e. The number of ketones is 1. The molecule has 0 amide bonds. The summed E-state index contributed by atoms with van der Waals surface area (Å²) >= 11 is 5.91. The van der Waals surface area contributed by atoms with Crippen molar-refractivity contribution in [1.29, 1.82) is 0 Å². The van der Waals surface area contributed by atoms with Gasteiger partial charge in [0.05, 0.1) is 12.2 Å². The summed E-state index contributed by atoms with van der Waals surface area (Å²) in [7, 11) is 0. The summed E-state index contributed by atoms with van der Waals surface area (Å²) in [6.45, 7) is 1.67. The lowest BCUT2D eigenvalue weighted by molar-refractivity contribution is 0.0988. The third kappa shape index (κ3) is 2.57. The third-order valence-electron chi connectivity index (χ3n) is 3.30. The van der Waals surface area contributed by atoms with Crippen LogP contribution < -0.4 is 5.32 Å². The Labute approximate surface area is 119 Å². The van der Waals surface area contributed by atoms with Gasteiger partial charge in [0.25, 0.3) is 0 Å². The highest BCUT2D eigenvalue weighted by Crippen LogP contribution is 2.19. The van der Waals surface area contributed by atoms with Gasteiger partial charge in [0.2, 0.25) is 0 Å². The molecule has 0 saturated carbocycles. The first-order valence-corrected chi connectivity index (χ1v) is 6.61. The fraction of sp³-hybridized carbons (Fsp3) is 0.308. The lowest BCUT2D eigenvalue weighted by Crippen LogP contribution is -2.43. The highest BCUT2D eigenvalue weighted by Gasteiger charge is 2.22. The van der Waals surface area contributed by atoms with Crippen LogP contribution in [0.4, 0.5) is 4.39 Å². The van der Waals surface area contributed by atoms with E-state index in [1.54, 1.807) is 10.9 Å². The Morgan fingerprint density at radius 3 is 2.95 bits per heavy atom. The van der Waals surface area contributed by atoms with Crippen LogP contribution in [0.1, 0.15) is 22.1 Å². The first kappa shape index (κ1) is 13.2. The molecule has 1 saturated heterocycles. The van der Waals surface area contributed by atoms with E-state index in [0.29, 0.717) is 11.3 Å². The quantitative estimate of drug-likeness (QED) is 0.871. The van der Waals surface area contributed by atoms with Crippen LogP contribution >= 0.6 is 11.6 Å². The molecule has 1 aromatic carbocycles. The zero-order valence-electron chi connectivity index (χ0n) is 10.5. The first-order valence-electron chi connectivity index (χ1n) is 6.23. The minimum absolute atomic E-state index is 0.0841. The Morgan fingerprint density at radius 2 is 2.30 bits per heavy atom. The number of halogens is 2. The van der Waals surface area contributed by atoms with Crippen molar-refractivity contribution in [2.75, 3.05) is 13.1 Å². The second kappa shape index (κ2) is 5.30. The minimum atomic E-state index is -0.422. The number of aromatic nitrogens is 3. The van der Waals surface area contributed by atoms with Crippen LogP contribution in [0.3, 0.4) is 0 Å². The van der Waals surface area contributed by atoms with E-state index in [1.807, 2.05) is 0 Å². The predicted octanol–water partition coefficient (Wildman–Crippen LogP) is 1.64. The average Bonchev–Trinajstić information content (AvgIpc) is 2.80. The summed E-state index contributed by atoms with van der Waals surface area (Å²) in [5.74, 6) is -0.605. The molecule has 1 fully saturated rings. The summed E-state index contributed by atoms with van der Waals surface area (Å²) < 4.78 is 14.6. The van der Waals surface area contributed by atoms with Crippen LogP contribution in [-0.4, -0.2) is 33.9 Å². The van der Waals surface area contributed by atoms with Gasteiger partial charge in [-0.1, -0.05) is 22.9 Å². The maximum Gasteiger partial charge on any atom is 0.189 e. The molecule has 0 atom stereocenters. The monoisotopic (exact) mass is 294 g/mol. The number of nitrogens with zero attached hydrogens (tertiary/aromatic N) is 3. The molecule has 0 spiro atoms. The molecule has 1 aliphatic rings. The van der Waals surface area contributed by atoms with Gasteiger partial charge >= 0.3 is 0 Å². The number of carbonyl (C=O) groups is 1. The molecule has 20 heavy (non-hydrogen) atoms. The number of Topliss-reactive ketones (excluding diaryl/α,β-unsaturated/α-hetero) is 1. The van der Waals surface area contributed by atoms with E-state index in [1.165, 1.54) is 18.2 Å². The van der Waals surface area contributed by atoms with Gasteiger partial charge in [-0.15, -0.1) is 5.10 Å². The number of hydrogen-bond donors (Lipinski definition) is 1. The standard InChI is InChI=1S/C13H12ClFN4O/c14-11-4-9(15)2-1-8(11)3-13(20)12-7-19(18-17-12)10-5-16-6-10/h1-2,4,7,10,16H,3,5-6H2. The molecule has 1 aliphatic heterocycles. The summed E-state index contributed by atoms with van der Waals surface area (Å²) in [5.41, 5.74) is 0.884. The van der Waals surface area contributed by atoms with Crippen molar-refractivity contribution < 1.29 is 9.18 Å². The Morgan fingerprint density at radius 1 is 1.50 bits per heavy atom. The average molecular weight is 295 g/mol. The van der Waals surface area contributed by atoms with E-state index >= 15 is 0 Å². The zero-order chi connectivity index (χ0) is 14.1. The van der Waals surface area contributed by atoms with Crippen molar-refractivity contribution >= 4 is 17.4 Å². The van der Waals surface area contributed by atoms with Gasteiger partial charge in [-0.2, -0.15) is 0 Å². The SMILES string of the molecule is O=C(Cc1ccc(F)cc1Cl)c1cn(C2CNC2)nn1. The molecule has 0 radical (unpaired) electrons. The first-order chi connectivity index (χ1) is 9.63. The maximum absolute atomic E-state index is 12.9. The lowest BCUT2D eigenvalue weighted by Gasteiger charge is -2.26. The summed E-state index contributed by atoms with van der Waals surface area (Å²) in [6, 6.07) is 4.25. The van der Waals surface area contributed by atoms with E-state index in [2.05, 4.69) is 15.6 Å². The number of hydrogen-bond acceptors (Lipinski definition) is 4. The van der Waals surface area contributed by atoms with Crippen LogP contribution in [0.2, 0.25) is 5.02 Å². The Bertz CT molecular complexity index is 654. The molecule has 3 rings (SSSR count). The molecule has 1 aromatic heterocycles. The van der Waals surface area contributed by atoms with E-state index in [4.69, 9.17) is 11.6 Å². The molecule has 7 heteroatoms. The highest BCUT2D eigenvalue weighted by molar-refractivity contribution is 6.31. The largest absolute Gasteiger partial charge is 0.312 e. The van der Waals surface area contributed by atoms with Crippen LogP contribution in [0, 0.1) is 5.82 Å². The van der Waals surface area contributed by atoms with Gasteiger partial charge in [0.1, 0.15) is 11.5 Å².